The molecule has 2 saturated heterocycles. The predicted octanol–water partition coefficient (Wildman–Crippen LogP) is 3.01. The SMILES string of the molecule is O=C(c1cc2occc2n1CC1CCC1)N1CCC2(CC1)OCCO2. The average Bonchev–Trinajstić information content (AvgIpc) is 3.28. The molecule has 2 aromatic rings. The van der Waals surface area contributed by atoms with Crippen LogP contribution in [0.15, 0.2) is 22.8 Å². The fraction of sp³-hybridized carbons (Fsp3) is 0.632. The molecule has 6 nitrogen and oxygen atoms in total. The lowest BCUT2D eigenvalue weighted by molar-refractivity contribution is -0.181. The molecular weight excluding hydrogens is 320 g/mol. The largest absolute Gasteiger partial charge is 0.463 e. The molecule has 0 aromatic carbocycles. The maximum atomic E-state index is 13.2. The van der Waals surface area contributed by atoms with Crippen LogP contribution in [-0.4, -0.2) is 47.5 Å². The number of amides is 1. The lowest BCUT2D eigenvalue weighted by atomic mass is 9.85. The van der Waals surface area contributed by atoms with Crippen LogP contribution in [0.3, 0.4) is 0 Å². The van der Waals surface area contributed by atoms with Gasteiger partial charge >= 0.3 is 0 Å². The third kappa shape index (κ3) is 2.59. The number of fused-ring (bicyclic) bond motifs is 1. The molecule has 0 atom stereocenters. The molecule has 0 N–H and O–H groups in total. The summed E-state index contributed by atoms with van der Waals surface area (Å²) in [6.07, 6.45) is 7.02. The van der Waals surface area contributed by atoms with Crippen LogP contribution in [0.2, 0.25) is 0 Å². The highest BCUT2D eigenvalue weighted by molar-refractivity contribution is 5.97. The van der Waals surface area contributed by atoms with Crippen molar-refractivity contribution in [3.05, 3.63) is 24.1 Å². The van der Waals surface area contributed by atoms with Gasteiger partial charge in [-0.1, -0.05) is 6.42 Å². The van der Waals surface area contributed by atoms with Crippen LogP contribution >= 0.6 is 0 Å². The summed E-state index contributed by atoms with van der Waals surface area (Å²) in [6.45, 7) is 3.58. The number of nitrogens with zero attached hydrogens (tertiary/aromatic N) is 2. The Hall–Kier alpha value is -1.79. The first-order chi connectivity index (χ1) is 12.2. The van der Waals surface area contributed by atoms with E-state index in [1.807, 2.05) is 17.0 Å². The predicted molar refractivity (Wildman–Crippen MR) is 91.3 cm³/mol. The molecule has 2 aliphatic heterocycles. The lowest BCUT2D eigenvalue weighted by Crippen LogP contribution is -2.47. The van der Waals surface area contributed by atoms with Gasteiger partial charge in [-0.05, 0) is 18.8 Å². The van der Waals surface area contributed by atoms with Crippen molar-refractivity contribution in [2.75, 3.05) is 26.3 Å². The monoisotopic (exact) mass is 344 g/mol. The van der Waals surface area contributed by atoms with Crippen LogP contribution in [-0.2, 0) is 16.0 Å². The summed E-state index contributed by atoms with van der Waals surface area (Å²) in [5.74, 6) is 0.332. The Morgan fingerprint density at radius 3 is 2.64 bits per heavy atom. The topological polar surface area (TPSA) is 56.8 Å². The van der Waals surface area contributed by atoms with Gasteiger partial charge in [0.25, 0.3) is 5.91 Å². The molecule has 1 amide bonds. The number of carbonyl (C=O) groups excluding carboxylic acids is 1. The molecule has 0 radical (unpaired) electrons. The van der Waals surface area contributed by atoms with E-state index < -0.39 is 5.79 Å². The molecule has 0 bridgehead atoms. The molecule has 1 spiro atoms. The van der Waals surface area contributed by atoms with E-state index in [4.69, 9.17) is 13.9 Å². The summed E-state index contributed by atoms with van der Waals surface area (Å²) in [5, 5.41) is 0. The Morgan fingerprint density at radius 2 is 1.96 bits per heavy atom. The number of hydrogen-bond donors (Lipinski definition) is 0. The van der Waals surface area contributed by atoms with Crippen molar-refractivity contribution in [2.24, 2.45) is 5.92 Å². The number of piperidine rings is 1. The first-order valence-corrected chi connectivity index (χ1v) is 9.38. The standard InChI is InChI=1S/C19H24N2O4/c22-18(20-7-5-19(6-8-20)24-10-11-25-19)16-12-17-15(4-9-23-17)21(16)13-14-2-1-3-14/h4,9,12,14H,1-3,5-8,10-11,13H2. The molecule has 25 heavy (non-hydrogen) atoms. The molecule has 5 rings (SSSR count). The number of hydrogen-bond acceptors (Lipinski definition) is 4. The van der Waals surface area contributed by atoms with E-state index in [1.54, 1.807) is 6.26 Å². The van der Waals surface area contributed by atoms with Crippen molar-refractivity contribution in [1.29, 1.82) is 0 Å². The Labute approximate surface area is 146 Å². The molecule has 1 saturated carbocycles. The summed E-state index contributed by atoms with van der Waals surface area (Å²) in [6, 6.07) is 3.87. The van der Waals surface area contributed by atoms with Crippen molar-refractivity contribution in [3.63, 3.8) is 0 Å². The lowest BCUT2D eigenvalue weighted by Gasteiger charge is -2.37. The summed E-state index contributed by atoms with van der Waals surface area (Å²) < 4.78 is 19.3. The van der Waals surface area contributed by atoms with Crippen LogP contribution < -0.4 is 0 Å². The molecule has 4 heterocycles. The molecule has 134 valence electrons. The molecular formula is C19H24N2O4. The first kappa shape index (κ1) is 15.5. The second-order valence-corrected chi connectivity index (χ2v) is 7.51. The van der Waals surface area contributed by atoms with Crippen LogP contribution in [0.1, 0.15) is 42.6 Å². The van der Waals surface area contributed by atoms with Gasteiger partial charge in [-0.3, -0.25) is 4.79 Å². The Morgan fingerprint density at radius 1 is 1.20 bits per heavy atom. The Bertz CT molecular complexity index is 773. The van der Waals surface area contributed by atoms with Crippen molar-refractivity contribution in [3.8, 4) is 0 Å². The number of likely N-dealkylation sites (tertiary alicyclic amines) is 1. The van der Waals surface area contributed by atoms with E-state index in [9.17, 15) is 4.79 Å². The number of ether oxygens (including phenoxy) is 2. The van der Waals surface area contributed by atoms with E-state index in [2.05, 4.69) is 4.57 Å². The van der Waals surface area contributed by atoms with Gasteiger partial charge in [0.15, 0.2) is 11.4 Å². The molecule has 6 heteroatoms. The number of furan rings is 1. The van der Waals surface area contributed by atoms with Gasteiger partial charge < -0.3 is 23.4 Å². The third-order valence-electron chi connectivity index (χ3n) is 6.03. The van der Waals surface area contributed by atoms with E-state index in [1.165, 1.54) is 19.3 Å². The van der Waals surface area contributed by atoms with Crippen molar-refractivity contribution in [1.82, 2.24) is 9.47 Å². The fourth-order valence-corrected chi connectivity index (χ4v) is 4.28. The average molecular weight is 344 g/mol. The highest BCUT2D eigenvalue weighted by Gasteiger charge is 2.41. The first-order valence-electron chi connectivity index (χ1n) is 9.38. The van der Waals surface area contributed by atoms with Gasteiger partial charge in [-0.25, -0.2) is 0 Å². The van der Waals surface area contributed by atoms with Crippen LogP contribution in [0.5, 0.6) is 0 Å². The summed E-state index contributed by atoms with van der Waals surface area (Å²) in [4.78, 5) is 15.1. The zero-order valence-corrected chi connectivity index (χ0v) is 14.4. The normalized spacial score (nSPS) is 23.4. The number of carbonyl (C=O) groups is 1. The molecule has 0 unspecified atom stereocenters. The fourth-order valence-electron chi connectivity index (χ4n) is 4.28. The molecule has 3 fully saturated rings. The van der Waals surface area contributed by atoms with Gasteiger partial charge in [0.05, 0.1) is 25.0 Å². The minimum atomic E-state index is -0.446. The van der Waals surface area contributed by atoms with Gasteiger partial charge in [0.1, 0.15) is 5.69 Å². The van der Waals surface area contributed by atoms with E-state index in [0.29, 0.717) is 32.2 Å². The Kier molecular flexibility index (Phi) is 3.64. The Balaban J connectivity index is 1.38. The smallest absolute Gasteiger partial charge is 0.270 e. The highest BCUT2D eigenvalue weighted by atomic mass is 16.7. The van der Waals surface area contributed by atoms with Gasteiger partial charge in [0, 0.05) is 44.6 Å². The van der Waals surface area contributed by atoms with Gasteiger partial charge in [-0.2, -0.15) is 0 Å². The van der Waals surface area contributed by atoms with Gasteiger partial charge in [-0.15, -0.1) is 0 Å². The second kappa shape index (κ2) is 5.88. The minimum Gasteiger partial charge on any atom is -0.463 e. The zero-order valence-electron chi connectivity index (χ0n) is 14.4. The van der Waals surface area contributed by atoms with Crippen LogP contribution in [0, 0.1) is 5.92 Å². The molecule has 3 aliphatic rings. The number of rotatable bonds is 3. The molecule has 2 aromatic heterocycles. The summed E-state index contributed by atoms with van der Waals surface area (Å²) in [7, 11) is 0. The quantitative estimate of drug-likeness (QED) is 0.859. The maximum Gasteiger partial charge on any atom is 0.270 e. The van der Waals surface area contributed by atoms with Crippen molar-refractivity contribution < 1.29 is 18.7 Å². The highest BCUT2D eigenvalue weighted by Crippen LogP contribution is 2.34. The maximum absolute atomic E-state index is 13.2. The second-order valence-electron chi connectivity index (χ2n) is 7.51. The van der Waals surface area contributed by atoms with Crippen molar-refractivity contribution in [2.45, 2.75) is 44.4 Å². The molecule has 1 aliphatic carbocycles. The van der Waals surface area contributed by atoms with Crippen molar-refractivity contribution >= 4 is 17.0 Å². The third-order valence-corrected chi connectivity index (χ3v) is 6.03. The van der Waals surface area contributed by atoms with Crippen LogP contribution in [0.4, 0.5) is 0 Å². The summed E-state index contributed by atoms with van der Waals surface area (Å²) in [5.41, 5.74) is 2.59. The minimum absolute atomic E-state index is 0.0959. The van der Waals surface area contributed by atoms with E-state index in [-0.39, 0.29) is 5.91 Å². The van der Waals surface area contributed by atoms with Crippen LogP contribution in [0.25, 0.3) is 11.1 Å². The summed E-state index contributed by atoms with van der Waals surface area (Å²) >= 11 is 0. The van der Waals surface area contributed by atoms with E-state index >= 15 is 0 Å². The number of aromatic nitrogens is 1. The zero-order chi connectivity index (χ0) is 16.9. The van der Waals surface area contributed by atoms with Gasteiger partial charge in [0.2, 0.25) is 0 Å². The van der Waals surface area contributed by atoms with E-state index in [0.717, 1.165) is 36.2 Å².